The second-order valence-corrected chi connectivity index (χ2v) is 3.59. The third-order valence-corrected chi connectivity index (χ3v) is 2.35. The first-order valence-corrected chi connectivity index (χ1v) is 5.47. The fraction of sp³-hybridized carbons (Fsp3) is 0.125. The lowest BCUT2D eigenvalue weighted by Gasteiger charge is -1.99. The predicted octanol–water partition coefficient (Wildman–Crippen LogP) is 4.78. The number of rotatable bonds is 4. The third kappa shape index (κ3) is 3.74. The summed E-state index contributed by atoms with van der Waals surface area (Å²) in [5, 5.41) is 0. The van der Waals surface area contributed by atoms with Crippen LogP contribution in [0.5, 0.6) is 0 Å². The van der Waals surface area contributed by atoms with E-state index in [0.717, 1.165) is 5.57 Å². The van der Waals surface area contributed by atoms with Gasteiger partial charge in [-0.15, -0.1) is 0 Å². The van der Waals surface area contributed by atoms with Gasteiger partial charge < -0.3 is 0 Å². The Morgan fingerprint density at radius 3 is 2.38 bits per heavy atom. The maximum atomic E-state index is 3.78. The molecule has 0 bridgehead atoms. The molecule has 1 aromatic carbocycles. The van der Waals surface area contributed by atoms with Gasteiger partial charge in [-0.25, -0.2) is 0 Å². The van der Waals surface area contributed by atoms with Crippen molar-refractivity contribution in [1.82, 2.24) is 0 Å². The van der Waals surface area contributed by atoms with Gasteiger partial charge in [0.1, 0.15) is 0 Å². The van der Waals surface area contributed by atoms with E-state index < -0.39 is 0 Å². The van der Waals surface area contributed by atoms with Gasteiger partial charge in [0.25, 0.3) is 0 Å². The number of hydrogen-bond acceptors (Lipinski definition) is 0. The van der Waals surface area contributed by atoms with Crippen molar-refractivity contribution in [3.05, 3.63) is 78.4 Å². The summed E-state index contributed by atoms with van der Waals surface area (Å²) in [5.41, 5.74) is 3.63. The summed E-state index contributed by atoms with van der Waals surface area (Å²) in [7, 11) is 0. The van der Waals surface area contributed by atoms with E-state index in [1.807, 2.05) is 31.2 Å². The van der Waals surface area contributed by atoms with Crippen LogP contribution in [0, 0.1) is 0 Å². The summed E-state index contributed by atoms with van der Waals surface area (Å²) in [6, 6.07) is 10.4. The highest BCUT2D eigenvalue weighted by Crippen LogP contribution is 2.13. The summed E-state index contributed by atoms with van der Waals surface area (Å²) in [4.78, 5) is 0. The molecule has 1 aromatic rings. The van der Waals surface area contributed by atoms with Crippen LogP contribution in [0.25, 0.3) is 5.57 Å². The molecule has 82 valence electrons. The molecule has 0 aliphatic rings. The third-order valence-electron chi connectivity index (χ3n) is 2.35. The van der Waals surface area contributed by atoms with E-state index in [4.69, 9.17) is 0 Å². The molecule has 16 heavy (non-hydrogen) atoms. The molecular weight excluding hydrogens is 192 g/mol. The van der Waals surface area contributed by atoms with Crippen LogP contribution < -0.4 is 0 Å². The van der Waals surface area contributed by atoms with Crippen molar-refractivity contribution in [2.45, 2.75) is 13.8 Å². The van der Waals surface area contributed by atoms with Gasteiger partial charge in [-0.3, -0.25) is 0 Å². The summed E-state index contributed by atoms with van der Waals surface area (Å²) < 4.78 is 0. The molecule has 0 saturated carbocycles. The monoisotopic (exact) mass is 210 g/mol. The molecule has 0 heterocycles. The van der Waals surface area contributed by atoms with Crippen molar-refractivity contribution >= 4 is 5.57 Å². The first kappa shape index (κ1) is 12.3. The summed E-state index contributed by atoms with van der Waals surface area (Å²) in [5.74, 6) is 0. The second-order valence-electron chi connectivity index (χ2n) is 3.59. The maximum Gasteiger partial charge on any atom is -0.0227 e. The first-order valence-electron chi connectivity index (χ1n) is 5.47. The average Bonchev–Trinajstić information content (AvgIpc) is 2.35. The van der Waals surface area contributed by atoms with Gasteiger partial charge in [0.2, 0.25) is 0 Å². The molecule has 0 heteroatoms. The van der Waals surface area contributed by atoms with Crippen LogP contribution in [0.3, 0.4) is 0 Å². The lowest BCUT2D eigenvalue weighted by atomic mass is 10.1. The standard InChI is InChI=1S/C16H18/c1-4-9-15(5-2)13-12-14(3)16-10-7-6-8-11-16/h4-13H,2H2,1,3H3/b9-4-,14-12+,15-13+. The van der Waals surface area contributed by atoms with E-state index in [1.165, 1.54) is 11.1 Å². The zero-order valence-corrected chi connectivity index (χ0v) is 9.98. The Bertz CT molecular complexity index is 417. The van der Waals surface area contributed by atoms with Gasteiger partial charge in [0, 0.05) is 0 Å². The molecule has 0 fully saturated rings. The normalized spacial score (nSPS) is 13.1. The van der Waals surface area contributed by atoms with Gasteiger partial charge in [0.15, 0.2) is 0 Å². The van der Waals surface area contributed by atoms with E-state index in [1.54, 1.807) is 0 Å². The van der Waals surface area contributed by atoms with Gasteiger partial charge >= 0.3 is 0 Å². The Labute approximate surface area is 98.3 Å². The van der Waals surface area contributed by atoms with Gasteiger partial charge in [-0.2, -0.15) is 0 Å². The van der Waals surface area contributed by atoms with Gasteiger partial charge in [-0.1, -0.05) is 67.3 Å². The fourth-order valence-electron chi connectivity index (χ4n) is 1.40. The molecule has 0 aromatic heterocycles. The quantitative estimate of drug-likeness (QED) is 0.627. The highest BCUT2D eigenvalue weighted by Gasteiger charge is 1.91. The van der Waals surface area contributed by atoms with Crippen molar-refractivity contribution < 1.29 is 0 Å². The van der Waals surface area contributed by atoms with Crippen LogP contribution in [0.4, 0.5) is 0 Å². The largest absolute Gasteiger partial charge is 0.0985 e. The summed E-state index contributed by atoms with van der Waals surface area (Å²) in [6.45, 7) is 7.90. The first-order chi connectivity index (χ1) is 7.77. The van der Waals surface area contributed by atoms with Crippen LogP contribution in [0.1, 0.15) is 19.4 Å². The van der Waals surface area contributed by atoms with Crippen molar-refractivity contribution in [2.75, 3.05) is 0 Å². The molecule has 0 N–H and O–H groups in total. The highest BCUT2D eigenvalue weighted by atomic mass is 14.0. The van der Waals surface area contributed by atoms with Gasteiger partial charge in [0.05, 0.1) is 0 Å². The fourth-order valence-corrected chi connectivity index (χ4v) is 1.40. The Kier molecular flexibility index (Phi) is 5.07. The average molecular weight is 210 g/mol. The van der Waals surface area contributed by atoms with Crippen LogP contribution in [0.2, 0.25) is 0 Å². The molecule has 0 amide bonds. The van der Waals surface area contributed by atoms with E-state index in [-0.39, 0.29) is 0 Å². The zero-order chi connectivity index (χ0) is 11.8. The van der Waals surface area contributed by atoms with Crippen molar-refractivity contribution in [1.29, 1.82) is 0 Å². The van der Waals surface area contributed by atoms with Crippen molar-refractivity contribution in [2.24, 2.45) is 0 Å². The van der Waals surface area contributed by atoms with E-state index in [0.29, 0.717) is 0 Å². The summed E-state index contributed by atoms with van der Waals surface area (Å²) in [6.07, 6.45) is 10.1. The molecular formula is C16H18. The van der Waals surface area contributed by atoms with Crippen molar-refractivity contribution in [3.63, 3.8) is 0 Å². The Hall–Kier alpha value is -1.82. The Morgan fingerprint density at radius 1 is 1.12 bits per heavy atom. The van der Waals surface area contributed by atoms with E-state index in [9.17, 15) is 0 Å². The molecule has 0 radical (unpaired) electrons. The van der Waals surface area contributed by atoms with Crippen molar-refractivity contribution in [3.8, 4) is 0 Å². The maximum absolute atomic E-state index is 3.78. The minimum absolute atomic E-state index is 1.12. The second kappa shape index (κ2) is 6.62. The number of allylic oxidation sites excluding steroid dienone is 7. The molecule has 0 spiro atoms. The lowest BCUT2D eigenvalue weighted by molar-refractivity contribution is 1.56. The molecule has 0 aliphatic carbocycles. The van der Waals surface area contributed by atoms with Gasteiger partial charge in [-0.05, 0) is 30.6 Å². The highest BCUT2D eigenvalue weighted by molar-refractivity contribution is 5.65. The Balaban J connectivity index is 2.89. The molecule has 0 aliphatic heterocycles. The zero-order valence-electron chi connectivity index (χ0n) is 9.98. The number of benzene rings is 1. The molecule has 1 rings (SSSR count). The minimum atomic E-state index is 1.12. The van der Waals surface area contributed by atoms with Crippen LogP contribution in [-0.4, -0.2) is 0 Å². The molecule has 0 unspecified atom stereocenters. The van der Waals surface area contributed by atoms with E-state index >= 15 is 0 Å². The minimum Gasteiger partial charge on any atom is -0.0985 e. The molecule has 0 nitrogen and oxygen atoms in total. The predicted molar refractivity (Wildman–Crippen MR) is 73.2 cm³/mol. The SMILES string of the molecule is C=CC(/C=C\C)=C\C=C(/C)c1ccccc1. The molecule has 0 saturated heterocycles. The topological polar surface area (TPSA) is 0 Å². The van der Waals surface area contributed by atoms with Crippen LogP contribution in [-0.2, 0) is 0 Å². The van der Waals surface area contributed by atoms with Crippen LogP contribution in [0.15, 0.2) is 72.9 Å². The van der Waals surface area contributed by atoms with E-state index in [2.05, 4.69) is 49.9 Å². The smallest absolute Gasteiger partial charge is 0.0227 e. The Morgan fingerprint density at radius 2 is 1.81 bits per heavy atom. The van der Waals surface area contributed by atoms with Crippen LogP contribution >= 0.6 is 0 Å². The molecule has 0 atom stereocenters. The lowest BCUT2D eigenvalue weighted by Crippen LogP contribution is -1.77. The summed E-state index contributed by atoms with van der Waals surface area (Å²) >= 11 is 0. The number of hydrogen-bond donors (Lipinski definition) is 0.